The zero-order chi connectivity index (χ0) is 10.1. The Balaban J connectivity index is 3.73. The molecule has 0 unspecified atom stereocenters. The molecule has 2 heteroatoms. The molecule has 0 heterocycles. The first kappa shape index (κ1) is 12.1. The highest BCUT2D eigenvalue weighted by Crippen LogP contribution is 1.97. The van der Waals surface area contributed by atoms with Gasteiger partial charge in [-0.15, -0.1) is 0 Å². The zero-order valence-corrected chi connectivity index (χ0v) is 8.48. The Labute approximate surface area is 81.0 Å². The number of hydrogen-bond donors (Lipinski definition) is 2. The number of rotatable bonds is 5. The second-order valence-electron chi connectivity index (χ2n) is 3.04. The predicted molar refractivity (Wildman–Crippen MR) is 59.0 cm³/mol. The molecule has 1 atom stereocenters. The molecule has 0 aliphatic heterocycles. The Bertz CT molecular complexity index is 190. The van der Waals surface area contributed by atoms with Gasteiger partial charge in [0.2, 0.25) is 0 Å². The molecular weight excluding hydrogens is 160 g/mol. The van der Waals surface area contributed by atoms with Crippen LogP contribution in [0.5, 0.6) is 0 Å². The molecule has 0 radical (unpaired) electrons. The highest BCUT2D eigenvalue weighted by molar-refractivity contribution is 5.11. The zero-order valence-electron chi connectivity index (χ0n) is 8.48. The highest BCUT2D eigenvalue weighted by Gasteiger charge is 2.00. The van der Waals surface area contributed by atoms with Gasteiger partial charge in [-0.3, -0.25) is 0 Å². The van der Waals surface area contributed by atoms with Crippen molar-refractivity contribution in [2.24, 2.45) is 17.4 Å². The minimum Gasteiger partial charge on any atom is -0.316 e. The number of nitrogens with two attached hydrogens (primary N) is 2. The van der Waals surface area contributed by atoms with Crippen LogP contribution in [0.3, 0.4) is 0 Å². The third-order valence-electron chi connectivity index (χ3n) is 1.73. The Morgan fingerprint density at radius 2 is 1.69 bits per heavy atom. The van der Waals surface area contributed by atoms with Gasteiger partial charge < -0.3 is 11.5 Å². The van der Waals surface area contributed by atoms with E-state index in [2.05, 4.69) is 13.0 Å². The van der Waals surface area contributed by atoms with Gasteiger partial charge in [-0.05, 0) is 6.42 Å². The van der Waals surface area contributed by atoms with E-state index in [-0.39, 0.29) is 12.1 Å². The van der Waals surface area contributed by atoms with E-state index >= 15 is 0 Å². The van der Waals surface area contributed by atoms with Crippen LogP contribution in [-0.4, -0.2) is 6.17 Å². The molecule has 0 amide bonds. The highest BCUT2D eigenvalue weighted by atomic mass is 14.9. The van der Waals surface area contributed by atoms with Gasteiger partial charge in [0.1, 0.15) is 0 Å². The van der Waals surface area contributed by atoms with Crippen molar-refractivity contribution in [3.8, 4) is 0 Å². The van der Waals surface area contributed by atoms with Crippen molar-refractivity contribution < 1.29 is 0 Å². The fraction of sp³-hybridized carbons (Fsp3) is 0.455. The van der Waals surface area contributed by atoms with Crippen LogP contribution in [-0.2, 0) is 0 Å². The minimum absolute atomic E-state index is 0.222. The second-order valence-corrected chi connectivity index (χ2v) is 3.04. The summed E-state index contributed by atoms with van der Waals surface area (Å²) in [5.41, 5.74) is 11.0. The van der Waals surface area contributed by atoms with Crippen LogP contribution in [0.4, 0.5) is 0 Å². The first-order chi connectivity index (χ1) is 6.18. The van der Waals surface area contributed by atoms with Gasteiger partial charge in [0.15, 0.2) is 0 Å². The van der Waals surface area contributed by atoms with Crippen molar-refractivity contribution in [1.82, 2.24) is 0 Å². The molecule has 0 saturated carbocycles. The van der Waals surface area contributed by atoms with Crippen molar-refractivity contribution in [3.05, 3.63) is 36.5 Å². The minimum atomic E-state index is -0.268. The molecule has 0 bridgehead atoms. The molecule has 0 saturated heterocycles. The monoisotopic (exact) mass is 180 g/mol. The van der Waals surface area contributed by atoms with E-state index < -0.39 is 0 Å². The molecular formula is C11H20N2. The molecule has 0 aromatic heterocycles. The fourth-order valence-corrected chi connectivity index (χ4v) is 0.711. The molecule has 0 aromatic rings. The van der Waals surface area contributed by atoms with Crippen LogP contribution in [0, 0.1) is 5.92 Å². The summed E-state index contributed by atoms with van der Waals surface area (Å²) in [6.45, 7) is 4.10. The lowest BCUT2D eigenvalue weighted by atomic mass is 10.1. The third-order valence-corrected chi connectivity index (χ3v) is 1.73. The second kappa shape index (κ2) is 7.77. The summed E-state index contributed by atoms with van der Waals surface area (Å²) in [7, 11) is 0. The van der Waals surface area contributed by atoms with E-state index in [1.807, 2.05) is 37.3 Å². The Hall–Kier alpha value is -0.860. The topological polar surface area (TPSA) is 52.0 Å². The molecule has 2 nitrogen and oxygen atoms in total. The summed E-state index contributed by atoms with van der Waals surface area (Å²) in [6.07, 6.45) is 12.9. The summed E-state index contributed by atoms with van der Waals surface area (Å²) in [6, 6.07) is 0. The van der Waals surface area contributed by atoms with E-state index in [0.29, 0.717) is 0 Å². The van der Waals surface area contributed by atoms with E-state index in [1.54, 1.807) is 0 Å². The number of hydrogen-bond acceptors (Lipinski definition) is 2. The summed E-state index contributed by atoms with van der Waals surface area (Å²) >= 11 is 0. The van der Waals surface area contributed by atoms with Gasteiger partial charge >= 0.3 is 0 Å². The standard InChI is InChI=1S/C11H20N2/c1-3-4-5-6-7-8-9-10(2)11(12)13/h4-11H,3,12-13H2,1-2H3/b5-4-,7-6+,9-8+/t10-/m1/s1. The van der Waals surface area contributed by atoms with E-state index in [4.69, 9.17) is 11.5 Å². The maximum Gasteiger partial charge on any atom is 0.0582 e. The fourth-order valence-electron chi connectivity index (χ4n) is 0.711. The van der Waals surface area contributed by atoms with Crippen LogP contribution >= 0.6 is 0 Å². The van der Waals surface area contributed by atoms with E-state index in [1.165, 1.54) is 0 Å². The summed E-state index contributed by atoms with van der Waals surface area (Å²) < 4.78 is 0. The first-order valence-corrected chi connectivity index (χ1v) is 4.69. The maximum absolute atomic E-state index is 5.49. The summed E-state index contributed by atoms with van der Waals surface area (Å²) in [4.78, 5) is 0. The molecule has 4 N–H and O–H groups in total. The van der Waals surface area contributed by atoms with Crippen molar-refractivity contribution in [2.45, 2.75) is 26.4 Å². The van der Waals surface area contributed by atoms with Gasteiger partial charge in [-0.25, -0.2) is 0 Å². The lowest BCUT2D eigenvalue weighted by Gasteiger charge is -2.08. The summed E-state index contributed by atoms with van der Waals surface area (Å²) in [5, 5.41) is 0. The predicted octanol–water partition coefficient (Wildman–Crippen LogP) is 1.94. The van der Waals surface area contributed by atoms with Gasteiger partial charge in [0.25, 0.3) is 0 Å². The molecule has 0 spiro atoms. The van der Waals surface area contributed by atoms with Crippen molar-refractivity contribution >= 4 is 0 Å². The molecule has 0 aliphatic carbocycles. The molecule has 74 valence electrons. The van der Waals surface area contributed by atoms with Crippen molar-refractivity contribution in [2.75, 3.05) is 0 Å². The van der Waals surface area contributed by atoms with Crippen LogP contribution in [0.25, 0.3) is 0 Å². The van der Waals surface area contributed by atoms with Crippen LogP contribution in [0.15, 0.2) is 36.5 Å². The quantitative estimate of drug-likeness (QED) is 0.502. The summed E-state index contributed by atoms with van der Waals surface area (Å²) in [5.74, 6) is 0.222. The molecule has 0 fully saturated rings. The number of allylic oxidation sites excluding steroid dienone is 5. The largest absolute Gasteiger partial charge is 0.316 e. The van der Waals surface area contributed by atoms with Crippen LogP contribution in [0.1, 0.15) is 20.3 Å². The van der Waals surface area contributed by atoms with Gasteiger partial charge in [0, 0.05) is 5.92 Å². The van der Waals surface area contributed by atoms with Crippen molar-refractivity contribution in [3.63, 3.8) is 0 Å². The average Bonchev–Trinajstić information content (AvgIpc) is 2.10. The average molecular weight is 180 g/mol. The van der Waals surface area contributed by atoms with Crippen LogP contribution < -0.4 is 11.5 Å². The lowest BCUT2D eigenvalue weighted by Crippen LogP contribution is -2.36. The van der Waals surface area contributed by atoms with Gasteiger partial charge in [-0.2, -0.15) is 0 Å². The molecule has 13 heavy (non-hydrogen) atoms. The smallest absolute Gasteiger partial charge is 0.0582 e. The Morgan fingerprint density at radius 3 is 2.23 bits per heavy atom. The SMILES string of the molecule is CC\C=C/C=C/C=C/[C@@H](C)C(N)N. The lowest BCUT2D eigenvalue weighted by molar-refractivity contribution is 0.558. The maximum atomic E-state index is 5.49. The third kappa shape index (κ3) is 7.50. The molecule has 0 aliphatic rings. The normalized spacial score (nSPS) is 15.5. The van der Waals surface area contributed by atoms with E-state index in [0.717, 1.165) is 6.42 Å². The first-order valence-electron chi connectivity index (χ1n) is 4.69. The molecule has 0 aromatic carbocycles. The van der Waals surface area contributed by atoms with Gasteiger partial charge in [-0.1, -0.05) is 50.3 Å². The van der Waals surface area contributed by atoms with E-state index in [9.17, 15) is 0 Å². The van der Waals surface area contributed by atoms with Crippen molar-refractivity contribution in [1.29, 1.82) is 0 Å². The molecule has 0 rings (SSSR count). The Morgan fingerprint density at radius 1 is 1.08 bits per heavy atom. The Kier molecular flexibility index (Phi) is 7.26. The van der Waals surface area contributed by atoms with Crippen LogP contribution in [0.2, 0.25) is 0 Å². The van der Waals surface area contributed by atoms with Gasteiger partial charge in [0.05, 0.1) is 6.17 Å².